The minimum Gasteiger partial charge on any atom is -0.462 e. The molecule has 0 saturated heterocycles. The van der Waals surface area contributed by atoms with Crippen LogP contribution in [0.1, 0.15) is 284 Å². The molecule has 9 nitrogen and oxygen atoms in total. The lowest BCUT2D eigenvalue weighted by atomic mass is 10.0. The summed E-state index contributed by atoms with van der Waals surface area (Å²) in [5.74, 6) is -0.805. The van der Waals surface area contributed by atoms with Gasteiger partial charge in [-0.2, -0.15) is 0 Å². The van der Waals surface area contributed by atoms with Gasteiger partial charge >= 0.3 is 19.8 Å². The van der Waals surface area contributed by atoms with Crippen molar-refractivity contribution in [2.24, 2.45) is 5.73 Å². The molecule has 2 atom stereocenters. The molecular formula is C51H102NO8P. The fraction of sp³-hybridized carbons (Fsp3) is 0.961. The number of esters is 2. The molecule has 0 aromatic heterocycles. The molecule has 0 bridgehead atoms. The van der Waals surface area contributed by atoms with Gasteiger partial charge in [-0.25, -0.2) is 4.57 Å². The van der Waals surface area contributed by atoms with Gasteiger partial charge in [0.05, 0.1) is 13.2 Å². The van der Waals surface area contributed by atoms with Crippen molar-refractivity contribution in [3.8, 4) is 0 Å². The molecule has 0 aromatic rings. The molecule has 0 aliphatic heterocycles. The first kappa shape index (κ1) is 60.0. The lowest BCUT2D eigenvalue weighted by Gasteiger charge is -2.19. The molecule has 0 aliphatic rings. The highest BCUT2D eigenvalue weighted by atomic mass is 31.2. The normalized spacial score (nSPS) is 13.0. The topological polar surface area (TPSA) is 134 Å². The first-order valence-corrected chi connectivity index (χ1v) is 28.0. The Morgan fingerprint density at radius 1 is 0.426 bits per heavy atom. The fourth-order valence-corrected chi connectivity index (χ4v) is 8.82. The zero-order valence-electron chi connectivity index (χ0n) is 40.4. The quantitative estimate of drug-likeness (QED) is 0.0348. The van der Waals surface area contributed by atoms with Crippen LogP contribution < -0.4 is 5.73 Å². The summed E-state index contributed by atoms with van der Waals surface area (Å²) < 4.78 is 33.0. The van der Waals surface area contributed by atoms with E-state index in [0.29, 0.717) is 6.42 Å². The van der Waals surface area contributed by atoms with Crippen molar-refractivity contribution in [3.05, 3.63) is 0 Å². The average molecular weight is 888 g/mol. The van der Waals surface area contributed by atoms with Crippen molar-refractivity contribution in [1.82, 2.24) is 0 Å². The SMILES string of the molecule is CCCCCCCCCCCCCCCCCCCCCCCCCC(=O)OC(COC(=O)CCCCCCCCCCCCCCCCCCC)COP(=O)(O)OCCN. The summed E-state index contributed by atoms with van der Waals surface area (Å²) in [6.07, 6.45) is 51.5. The number of ether oxygens (including phenoxy) is 2. The van der Waals surface area contributed by atoms with Crippen LogP contribution in [0.25, 0.3) is 0 Å². The third-order valence-corrected chi connectivity index (χ3v) is 13.0. The molecule has 10 heteroatoms. The van der Waals surface area contributed by atoms with Crippen LogP contribution in [0.3, 0.4) is 0 Å². The minimum absolute atomic E-state index is 0.0584. The van der Waals surface area contributed by atoms with Crippen LogP contribution in [-0.2, 0) is 32.7 Å². The number of unbranched alkanes of at least 4 members (excludes halogenated alkanes) is 38. The molecule has 0 aliphatic carbocycles. The number of rotatable bonds is 51. The van der Waals surface area contributed by atoms with Crippen LogP contribution in [-0.4, -0.2) is 49.3 Å². The lowest BCUT2D eigenvalue weighted by molar-refractivity contribution is -0.161. The Kier molecular flexibility index (Phi) is 47.7. The van der Waals surface area contributed by atoms with Crippen molar-refractivity contribution in [2.45, 2.75) is 290 Å². The van der Waals surface area contributed by atoms with Crippen LogP contribution in [0, 0.1) is 0 Å². The second-order valence-electron chi connectivity index (χ2n) is 18.1. The smallest absolute Gasteiger partial charge is 0.462 e. The van der Waals surface area contributed by atoms with Gasteiger partial charge in [0.1, 0.15) is 6.61 Å². The largest absolute Gasteiger partial charge is 0.472 e. The van der Waals surface area contributed by atoms with E-state index in [0.717, 1.165) is 32.1 Å². The van der Waals surface area contributed by atoms with Gasteiger partial charge in [0.2, 0.25) is 0 Å². The Labute approximate surface area is 377 Å². The molecule has 0 radical (unpaired) electrons. The van der Waals surface area contributed by atoms with Gasteiger partial charge in [-0.3, -0.25) is 18.6 Å². The zero-order chi connectivity index (χ0) is 44.6. The number of carbonyl (C=O) groups excluding carboxylic acids is 2. The van der Waals surface area contributed by atoms with Crippen LogP contribution >= 0.6 is 7.82 Å². The van der Waals surface area contributed by atoms with Gasteiger partial charge in [-0.1, -0.05) is 258 Å². The molecule has 0 rings (SSSR count). The summed E-state index contributed by atoms with van der Waals surface area (Å²) in [5, 5.41) is 0. The van der Waals surface area contributed by atoms with E-state index in [-0.39, 0.29) is 38.6 Å². The van der Waals surface area contributed by atoms with Crippen LogP contribution in [0.4, 0.5) is 0 Å². The molecule has 0 aromatic carbocycles. The molecule has 0 fully saturated rings. The van der Waals surface area contributed by atoms with E-state index in [2.05, 4.69) is 13.8 Å². The molecule has 0 saturated carbocycles. The summed E-state index contributed by atoms with van der Waals surface area (Å²) in [4.78, 5) is 35.1. The number of phosphoric ester groups is 1. The Bertz CT molecular complexity index is 969. The van der Waals surface area contributed by atoms with E-state index in [1.807, 2.05) is 0 Å². The summed E-state index contributed by atoms with van der Waals surface area (Å²) in [7, 11) is -4.37. The van der Waals surface area contributed by atoms with E-state index in [4.69, 9.17) is 24.3 Å². The Hall–Kier alpha value is -0.990. The Balaban J connectivity index is 3.95. The van der Waals surface area contributed by atoms with Crippen molar-refractivity contribution in [3.63, 3.8) is 0 Å². The highest BCUT2D eigenvalue weighted by molar-refractivity contribution is 7.47. The van der Waals surface area contributed by atoms with E-state index < -0.39 is 26.5 Å². The summed E-state index contributed by atoms with van der Waals surface area (Å²) in [5.41, 5.74) is 5.37. The van der Waals surface area contributed by atoms with Gasteiger partial charge in [0.25, 0.3) is 0 Å². The van der Waals surface area contributed by atoms with E-state index in [1.54, 1.807) is 0 Å². The Morgan fingerprint density at radius 3 is 1.00 bits per heavy atom. The molecule has 61 heavy (non-hydrogen) atoms. The molecule has 0 heterocycles. The third-order valence-electron chi connectivity index (χ3n) is 12.0. The fourth-order valence-electron chi connectivity index (χ4n) is 8.05. The average Bonchev–Trinajstić information content (AvgIpc) is 3.25. The molecule has 2 unspecified atom stereocenters. The van der Waals surface area contributed by atoms with Gasteiger partial charge in [-0.15, -0.1) is 0 Å². The highest BCUT2D eigenvalue weighted by Gasteiger charge is 2.26. The maximum absolute atomic E-state index is 12.7. The van der Waals surface area contributed by atoms with Crippen molar-refractivity contribution in [1.29, 1.82) is 0 Å². The zero-order valence-corrected chi connectivity index (χ0v) is 41.3. The summed E-state index contributed by atoms with van der Waals surface area (Å²) >= 11 is 0. The third kappa shape index (κ3) is 48.3. The predicted molar refractivity (Wildman–Crippen MR) is 257 cm³/mol. The van der Waals surface area contributed by atoms with Crippen LogP contribution in [0.15, 0.2) is 0 Å². The van der Waals surface area contributed by atoms with Gasteiger partial charge in [0, 0.05) is 19.4 Å². The second kappa shape index (κ2) is 48.5. The summed E-state index contributed by atoms with van der Waals surface area (Å²) in [6.45, 7) is 3.81. The predicted octanol–water partition coefficient (Wildman–Crippen LogP) is 16.0. The number of carbonyl (C=O) groups is 2. The van der Waals surface area contributed by atoms with Crippen molar-refractivity contribution < 1.29 is 37.6 Å². The lowest BCUT2D eigenvalue weighted by Crippen LogP contribution is -2.29. The van der Waals surface area contributed by atoms with Crippen LogP contribution in [0.2, 0.25) is 0 Å². The minimum atomic E-state index is -4.37. The summed E-state index contributed by atoms with van der Waals surface area (Å²) in [6, 6.07) is 0. The van der Waals surface area contributed by atoms with Gasteiger partial charge in [0.15, 0.2) is 6.10 Å². The number of nitrogens with two attached hydrogens (primary N) is 1. The first-order valence-electron chi connectivity index (χ1n) is 26.5. The molecule has 0 spiro atoms. The molecule has 0 amide bonds. The Morgan fingerprint density at radius 2 is 0.705 bits per heavy atom. The number of hydrogen-bond acceptors (Lipinski definition) is 8. The van der Waals surface area contributed by atoms with E-state index in [9.17, 15) is 19.0 Å². The second-order valence-corrected chi connectivity index (χ2v) is 19.6. The number of hydrogen-bond donors (Lipinski definition) is 2. The van der Waals surface area contributed by atoms with E-state index >= 15 is 0 Å². The number of phosphoric acid groups is 1. The molecule has 3 N–H and O–H groups in total. The maximum atomic E-state index is 12.7. The van der Waals surface area contributed by atoms with Gasteiger partial charge in [-0.05, 0) is 12.8 Å². The van der Waals surface area contributed by atoms with Crippen molar-refractivity contribution >= 4 is 19.8 Å². The monoisotopic (exact) mass is 888 g/mol. The van der Waals surface area contributed by atoms with Gasteiger partial charge < -0.3 is 20.1 Å². The molecule has 364 valence electrons. The molecular weight excluding hydrogens is 786 g/mol. The van der Waals surface area contributed by atoms with Crippen LogP contribution in [0.5, 0.6) is 0 Å². The standard InChI is InChI=1S/C51H102NO8P/c1-3-5-7-9-11-13-15-17-19-21-22-23-24-25-26-28-30-32-34-36-38-40-42-44-51(54)60-49(48-59-61(55,56)58-46-45-52)47-57-50(53)43-41-39-37-35-33-31-29-27-20-18-16-14-12-10-8-6-4-2/h49H,3-48,52H2,1-2H3,(H,55,56). The highest BCUT2D eigenvalue weighted by Crippen LogP contribution is 2.43. The van der Waals surface area contributed by atoms with Crippen molar-refractivity contribution in [2.75, 3.05) is 26.4 Å². The van der Waals surface area contributed by atoms with E-state index in [1.165, 1.54) is 218 Å². The maximum Gasteiger partial charge on any atom is 0.472 e. The first-order chi connectivity index (χ1) is 29.8.